The molecule has 1 aromatic rings. The summed E-state index contributed by atoms with van der Waals surface area (Å²) in [5, 5.41) is 2.91. The van der Waals surface area contributed by atoms with Crippen LogP contribution in [0.4, 0.5) is 0 Å². The van der Waals surface area contributed by atoms with E-state index in [1.807, 2.05) is 6.07 Å². The quantitative estimate of drug-likeness (QED) is 0.615. The molecule has 0 nitrogen and oxygen atoms in total. The van der Waals surface area contributed by atoms with Crippen LogP contribution in [-0.2, 0) is 0 Å². The highest BCUT2D eigenvalue weighted by Crippen LogP contribution is 2.82. The summed E-state index contributed by atoms with van der Waals surface area (Å²) in [4.78, 5) is 0. The van der Waals surface area contributed by atoms with Gasteiger partial charge in [0.1, 0.15) is 0 Å². The molecular formula is C13H16ClP. The first kappa shape index (κ1) is 11.2. The van der Waals surface area contributed by atoms with Gasteiger partial charge in [-0.3, -0.25) is 0 Å². The van der Waals surface area contributed by atoms with Crippen LogP contribution in [0.2, 0.25) is 0 Å². The van der Waals surface area contributed by atoms with Crippen LogP contribution in [0.25, 0.3) is 5.31 Å². The second-order valence-corrected chi connectivity index (χ2v) is 7.05. The molecule has 1 atom stereocenters. The topological polar surface area (TPSA) is 0 Å². The summed E-state index contributed by atoms with van der Waals surface area (Å²) < 4.78 is 0. The summed E-state index contributed by atoms with van der Waals surface area (Å²) in [7, 11) is -0.462. The Morgan fingerprint density at radius 2 is 1.80 bits per heavy atom. The molecule has 0 saturated carbocycles. The van der Waals surface area contributed by atoms with E-state index in [2.05, 4.69) is 45.0 Å². The molecule has 0 aliphatic carbocycles. The summed E-state index contributed by atoms with van der Waals surface area (Å²) >= 11 is 6.41. The molecule has 1 heterocycles. The van der Waals surface area contributed by atoms with Gasteiger partial charge >= 0.3 is 0 Å². The molecule has 15 heavy (non-hydrogen) atoms. The maximum absolute atomic E-state index is 6.41. The van der Waals surface area contributed by atoms with Crippen molar-refractivity contribution in [3.63, 3.8) is 0 Å². The van der Waals surface area contributed by atoms with Crippen molar-refractivity contribution < 1.29 is 0 Å². The van der Waals surface area contributed by atoms with Gasteiger partial charge in [0.15, 0.2) is 0 Å². The standard InChI is InChI=1S/C13H16ClP/c1-4-13(2,3)12-11(15(12)14)10-8-6-5-7-9-10/h5-9H,4H2,1-3H3/t15-/m1/s1. The van der Waals surface area contributed by atoms with Crippen LogP contribution in [-0.4, -0.2) is 0 Å². The minimum absolute atomic E-state index is 0.276. The van der Waals surface area contributed by atoms with Crippen LogP contribution in [0, 0.1) is 5.41 Å². The van der Waals surface area contributed by atoms with Gasteiger partial charge < -0.3 is 0 Å². The van der Waals surface area contributed by atoms with Crippen LogP contribution in [0.3, 0.4) is 0 Å². The number of rotatable bonds is 3. The van der Waals surface area contributed by atoms with Crippen LogP contribution >= 0.6 is 18.5 Å². The molecule has 0 aromatic heterocycles. The minimum Gasteiger partial charge on any atom is -0.0861 e. The molecule has 1 aliphatic heterocycles. The molecule has 0 N–H and O–H groups in total. The van der Waals surface area contributed by atoms with E-state index in [9.17, 15) is 0 Å². The molecule has 2 heteroatoms. The Hall–Kier alpha value is -0.320. The Bertz CT molecular complexity index is 392. The van der Waals surface area contributed by atoms with Crippen molar-refractivity contribution in [2.24, 2.45) is 5.41 Å². The van der Waals surface area contributed by atoms with Crippen molar-refractivity contribution >= 4 is 23.8 Å². The van der Waals surface area contributed by atoms with Gasteiger partial charge in [0.05, 0.1) is 7.27 Å². The Balaban J connectivity index is 2.33. The molecule has 0 spiro atoms. The highest BCUT2D eigenvalue weighted by molar-refractivity contribution is 8.02. The second kappa shape index (κ2) is 3.92. The van der Waals surface area contributed by atoms with Gasteiger partial charge in [-0.05, 0) is 22.7 Å². The SMILES string of the molecule is CCC(C)(C)C1=C(c2ccccc2)[P@@]1Cl. The monoisotopic (exact) mass is 238 g/mol. The molecule has 2 rings (SSSR count). The first-order valence-corrected chi connectivity index (χ1v) is 7.58. The van der Waals surface area contributed by atoms with E-state index in [4.69, 9.17) is 11.2 Å². The lowest BCUT2D eigenvalue weighted by molar-refractivity contribution is 0.458. The Morgan fingerprint density at radius 3 is 2.33 bits per heavy atom. The summed E-state index contributed by atoms with van der Waals surface area (Å²) in [5.74, 6) is 0. The molecule has 1 aromatic carbocycles. The third-order valence-electron chi connectivity index (χ3n) is 3.14. The van der Waals surface area contributed by atoms with Crippen molar-refractivity contribution in [3.05, 3.63) is 41.2 Å². The third-order valence-corrected chi connectivity index (χ3v) is 6.03. The highest BCUT2D eigenvalue weighted by atomic mass is 35.7. The first-order chi connectivity index (χ1) is 7.08. The van der Waals surface area contributed by atoms with Gasteiger partial charge in [0.25, 0.3) is 0 Å². The van der Waals surface area contributed by atoms with Gasteiger partial charge in [-0.2, -0.15) is 0 Å². The molecular weight excluding hydrogens is 223 g/mol. The number of benzene rings is 1. The fourth-order valence-corrected chi connectivity index (χ4v) is 5.22. The smallest absolute Gasteiger partial charge is 0.0505 e. The lowest BCUT2D eigenvalue weighted by Gasteiger charge is -2.18. The Morgan fingerprint density at radius 1 is 1.20 bits per heavy atom. The van der Waals surface area contributed by atoms with Crippen molar-refractivity contribution in [2.75, 3.05) is 0 Å². The number of hydrogen-bond donors (Lipinski definition) is 0. The number of halogens is 1. The van der Waals surface area contributed by atoms with Crippen molar-refractivity contribution in [2.45, 2.75) is 27.2 Å². The lowest BCUT2D eigenvalue weighted by Crippen LogP contribution is -2.06. The van der Waals surface area contributed by atoms with Crippen LogP contribution in [0.1, 0.15) is 32.8 Å². The molecule has 1 aliphatic rings. The number of hydrogen-bond acceptors (Lipinski definition) is 0. The van der Waals surface area contributed by atoms with Gasteiger partial charge in [-0.1, -0.05) is 62.3 Å². The summed E-state index contributed by atoms with van der Waals surface area (Å²) in [5.41, 5.74) is 1.59. The predicted molar refractivity (Wildman–Crippen MR) is 70.2 cm³/mol. The zero-order valence-corrected chi connectivity index (χ0v) is 11.1. The van der Waals surface area contributed by atoms with Crippen molar-refractivity contribution in [1.82, 2.24) is 0 Å². The minimum atomic E-state index is -0.462. The first-order valence-electron chi connectivity index (χ1n) is 5.34. The van der Waals surface area contributed by atoms with Crippen LogP contribution < -0.4 is 0 Å². The molecule has 0 bridgehead atoms. The Labute approximate surface area is 97.9 Å². The Kier molecular flexibility index (Phi) is 2.92. The van der Waals surface area contributed by atoms with Gasteiger partial charge in [0, 0.05) is 5.31 Å². The fraction of sp³-hybridized carbons (Fsp3) is 0.385. The summed E-state index contributed by atoms with van der Waals surface area (Å²) in [6, 6.07) is 10.5. The molecule has 0 fully saturated rings. The van der Waals surface area contributed by atoms with E-state index in [0.29, 0.717) is 0 Å². The maximum atomic E-state index is 6.41. The van der Waals surface area contributed by atoms with Gasteiger partial charge in [-0.25, -0.2) is 0 Å². The molecule has 0 saturated heterocycles. The largest absolute Gasteiger partial charge is 0.0861 e. The maximum Gasteiger partial charge on any atom is 0.0505 e. The normalized spacial score (nSPS) is 20.7. The molecule has 0 amide bonds. The zero-order chi connectivity index (χ0) is 11.1. The second-order valence-electron chi connectivity index (χ2n) is 4.58. The average molecular weight is 239 g/mol. The molecule has 0 unspecified atom stereocenters. The summed E-state index contributed by atoms with van der Waals surface area (Å²) in [6.45, 7) is 6.81. The fourth-order valence-electron chi connectivity index (χ4n) is 1.74. The van der Waals surface area contributed by atoms with Crippen molar-refractivity contribution in [3.8, 4) is 0 Å². The lowest BCUT2D eigenvalue weighted by atomic mass is 9.89. The van der Waals surface area contributed by atoms with E-state index in [-0.39, 0.29) is 5.41 Å². The predicted octanol–water partition coefficient (Wildman–Crippen LogP) is 5.44. The zero-order valence-electron chi connectivity index (χ0n) is 9.42. The average Bonchev–Trinajstić information content (AvgIpc) is 2.92. The number of allylic oxidation sites excluding steroid dienone is 1. The third kappa shape index (κ3) is 1.98. The van der Waals surface area contributed by atoms with Crippen LogP contribution in [0.15, 0.2) is 35.6 Å². The summed E-state index contributed by atoms with van der Waals surface area (Å²) in [6.07, 6.45) is 1.16. The molecule has 80 valence electrons. The van der Waals surface area contributed by atoms with Crippen LogP contribution in [0.5, 0.6) is 0 Å². The van der Waals surface area contributed by atoms with Crippen molar-refractivity contribution in [1.29, 1.82) is 0 Å². The highest BCUT2D eigenvalue weighted by Gasteiger charge is 2.44. The van der Waals surface area contributed by atoms with E-state index >= 15 is 0 Å². The molecule has 0 radical (unpaired) electrons. The van der Waals surface area contributed by atoms with E-state index < -0.39 is 7.27 Å². The van der Waals surface area contributed by atoms with E-state index in [1.54, 1.807) is 0 Å². The van der Waals surface area contributed by atoms with E-state index in [1.165, 1.54) is 16.2 Å². The van der Waals surface area contributed by atoms with Gasteiger partial charge in [-0.15, -0.1) is 0 Å². The van der Waals surface area contributed by atoms with Gasteiger partial charge in [0.2, 0.25) is 0 Å². The van der Waals surface area contributed by atoms with E-state index in [0.717, 1.165) is 6.42 Å².